The average molecular weight is 237 g/mol. The summed E-state index contributed by atoms with van der Waals surface area (Å²) in [5.41, 5.74) is 2.92. The predicted octanol–water partition coefficient (Wildman–Crippen LogP) is 3.24. The van der Waals surface area contributed by atoms with Crippen LogP contribution in [0.2, 0.25) is 0 Å². The van der Waals surface area contributed by atoms with Crippen molar-refractivity contribution in [2.24, 2.45) is 0 Å². The minimum Gasteiger partial charge on any atom is -0.508 e. The Bertz CT molecular complexity index is 386. The highest BCUT2D eigenvalue weighted by atomic mass is 16.5. The summed E-state index contributed by atoms with van der Waals surface area (Å²) < 4.78 is 5.37. The number of methoxy groups -OCH3 is 1. The van der Waals surface area contributed by atoms with Gasteiger partial charge < -0.3 is 15.2 Å². The molecule has 3 nitrogen and oxygen atoms in total. The highest BCUT2D eigenvalue weighted by molar-refractivity contribution is 5.56. The van der Waals surface area contributed by atoms with Crippen molar-refractivity contribution in [2.45, 2.75) is 39.7 Å². The number of hydrogen-bond donors (Lipinski definition) is 2. The Morgan fingerprint density at radius 3 is 2.47 bits per heavy atom. The van der Waals surface area contributed by atoms with E-state index in [1.807, 2.05) is 19.9 Å². The molecule has 0 heterocycles. The van der Waals surface area contributed by atoms with E-state index in [9.17, 15) is 5.11 Å². The molecular weight excluding hydrogens is 214 g/mol. The van der Waals surface area contributed by atoms with Gasteiger partial charge >= 0.3 is 0 Å². The Kier molecular flexibility index (Phi) is 4.40. The summed E-state index contributed by atoms with van der Waals surface area (Å²) in [6.45, 7) is 8.89. The molecule has 1 aromatic carbocycles. The standard InChI is InChI=1S/C14H23NO2/c1-10-9-13(16)11(2)8-12(10)15-7-6-14(3,4)17-5/h8-9,15-16H,6-7H2,1-5H3. The van der Waals surface area contributed by atoms with E-state index in [1.54, 1.807) is 13.2 Å². The van der Waals surface area contributed by atoms with Crippen molar-refractivity contribution in [3.05, 3.63) is 23.3 Å². The van der Waals surface area contributed by atoms with E-state index in [2.05, 4.69) is 19.2 Å². The Labute approximate surface area is 104 Å². The molecule has 0 aromatic heterocycles. The molecule has 3 heteroatoms. The van der Waals surface area contributed by atoms with Gasteiger partial charge in [-0.25, -0.2) is 0 Å². The summed E-state index contributed by atoms with van der Waals surface area (Å²) in [7, 11) is 1.73. The number of phenols is 1. The SMILES string of the molecule is COC(C)(C)CCNc1cc(C)c(O)cc1C. The molecule has 1 aromatic rings. The fourth-order valence-electron chi connectivity index (χ4n) is 1.59. The number of nitrogens with one attached hydrogen (secondary N) is 1. The number of benzene rings is 1. The quantitative estimate of drug-likeness (QED) is 0.772. The van der Waals surface area contributed by atoms with Gasteiger partial charge in [0.15, 0.2) is 0 Å². The molecule has 0 aliphatic heterocycles. The van der Waals surface area contributed by atoms with Crippen molar-refractivity contribution in [3.8, 4) is 5.75 Å². The van der Waals surface area contributed by atoms with Gasteiger partial charge in [0, 0.05) is 19.3 Å². The molecule has 0 radical (unpaired) electrons. The molecule has 0 atom stereocenters. The van der Waals surface area contributed by atoms with E-state index in [-0.39, 0.29) is 5.60 Å². The monoisotopic (exact) mass is 237 g/mol. The molecule has 0 saturated heterocycles. The predicted molar refractivity (Wildman–Crippen MR) is 71.8 cm³/mol. The lowest BCUT2D eigenvalue weighted by Gasteiger charge is -2.23. The van der Waals surface area contributed by atoms with E-state index >= 15 is 0 Å². The number of aromatic hydroxyl groups is 1. The van der Waals surface area contributed by atoms with Crippen LogP contribution < -0.4 is 5.32 Å². The van der Waals surface area contributed by atoms with Crippen LogP contribution in [0.15, 0.2) is 12.1 Å². The summed E-state index contributed by atoms with van der Waals surface area (Å²) in [6.07, 6.45) is 0.933. The summed E-state index contributed by atoms with van der Waals surface area (Å²) >= 11 is 0. The highest BCUT2D eigenvalue weighted by Crippen LogP contribution is 2.25. The Morgan fingerprint density at radius 2 is 1.88 bits per heavy atom. The Hall–Kier alpha value is -1.22. The van der Waals surface area contributed by atoms with Crippen molar-refractivity contribution in [1.29, 1.82) is 0 Å². The van der Waals surface area contributed by atoms with E-state index in [0.29, 0.717) is 5.75 Å². The molecule has 0 unspecified atom stereocenters. The molecule has 0 fully saturated rings. The Morgan fingerprint density at radius 1 is 1.24 bits per heavy atom. The second-order valence-electron chi connectivity index (χ2n) is 5.09. The first-order chi connectivity index (χ1) is 7.85. The zero-order valence-corrected chi connectivity index (χ0v) is 11.4. The van der Waals surface area contributed by atoms with Gasteiger partial charge in [-0.15, -0.1) is 0 Å². The number of ether oxygens (including phenoxy) is 1. The maximum atomic E-state index is 9.57. The van der Waals surface area contributed by atoms with E-state index in [0.717, 1.165) is 29.8 Å². The molecule has 0 aliphatic carbocycles. The molecule has 0 amide bonds. The minimum atomic E-state index is -0.104. The zero-order valence-electron chi connectivity index (χ0n) is 11.4. The van der Waals surface area contributed by atoms with Gasteiger partial charge in [0.25, 0.3) is 0 Å². The van der Waals surface area contributed by atoms with Crippen LogP contribution in [0.25, 0.3) is 0 Å². The topological polar surface area (TPSA) is 41.5 Å². The number of phenolic OH excluding ortho intramolecular Hbond substituents is 1. The second-order valence-corrected chi connectivity index (χ2v) is 5.09. The van der Waals surface area contributed by atoms with Crippen molar-refractivity contribution in [3.63, 3.8) is 0 Å². The van der Waals surface area contributed by atoms with E-state index in [4.69, 9.17) is 4.74 Å². The first kappa shape index (κ1) is 13.8. The maximum Gasteiger partial charge on any atom is 0.118 e. The van der Waals surface area contributed by atoms with Crippen LogP contribution in [0.3, 0.4) is 0 Å². The third-order valence-corrected chi connectivity index (χ3v) is 3.14. The van der Waals surface area contributed by atoms with Gasteiger partial charge in [0.2, 0.25) is 0 Å². The molecule has 1 rings (SSSR count). The molecular formula is C14H23NO2. The van der Waals surface area contributed by atoms with Gasteiger partial charge in [0.05, 0.1) is 5.60 Å². The molecule has 96 valence electrons. The van der Waals surface area contributed by atoms with Gasteiger partial charge in [-0.3, -0.25) is 0 Å². The fourth-order valence-corrected chi connectivity index (χ4v) is 1.59. The highest BCUT2D eigenvalue weighted by Gasteiger charge is 2.15. The van der Waals surface area contributed by atoms with Crippen LogP contribution in [0.1, 0.15) is 31.4 Å². The van der Waals surface area contributed by atoms with Crippen molar-refractivity contribution < 1.29 is 9.84 Å². The summed E-state index contributed by atoms with van der Waals surface area (Å²) in [5, 5.41) is 12.9. The molecule has 0 bridgehead atoms. The largest absolute Gasteiger partial charge is 0.508 e. The molecule has 0 aliphatic rings. The van der Waals surface area contributed by atoms with Crippen LogP contribution in [0.5, 0.6) is 5.75 Å². The van der Waals surface area contributed by atoms with Crippen LogP contribution in [-0.2, 0) is 4.74 Å². The zero-order chi connectivity index (χ0) is 13.1. The van der Waals surface area contributed by atoms with Gasteiger partial charge in [-0.1, -0.05) is 0 Å². The normalized spacial score (nSPS) is 11.6. The van der Waals surface area contributed by atoms with Gasteiger partial charge in [-0.05, 0) is 57.4 Å². The third kappa shape index (κ3) is 3.93. The van der Waals surface area contributed by atoms with Gasteiger partial charge in [0.1, 0.15) is 5.75 Å². The summed E-state index contributed by atoms with van der Waals surface area (Å²) in [4.78, 5) is 0. The van der Waals surface area contributed by atoms with Crippen LogP contribution in [0.4, 0.5) is 5.69 Å². The van der Waals surface area contributed by atoms with Crippen molar-refractivity contribution >= 4 is 5.69 Å². The first-order valence-electron chi connectivity index (χ1n) is 5.95. The molecule has 17 heavy (non-hydrogen) atoms. The third-order valence-electron chi connectivity index (χ3n) is 3.14. The molecule has 0 saturated carbocycles. The fraction of sp³-hybridized carbons (Fsp3) is 0.571. The number of rotatable bonds is 5. The van der Waals surface area contributed by atoms with Crippen LogP contribution in [0, 0.1) is 13.8 Å². The van der Waals surface area contributed by atoms with Gasteiger partial charge in [-0.2, -0.15) is 0 Å². The number of anilines is 1. The van der Waals surface area contributed by atoms with Crippen molar-refractivity contribution in [1.82, 2.24) is 0 Å². The first-order valence-corrected chi connectivity index (χ1v) is 5.95. The van der Waals surface area contributed by atoms with Crippen LogP contribution >= 0.6 is 0 Å². The number of aryl methyl sites for hydroxylation is 2. The molecule has 0 spiro atoms. The van der Waals surface area contributed by atoms with Crippen LogP contribution in [-0.4, -0.2) is 24.4 Å². The second kappa shape index (κ2) is 5.41. The van der Waals surface area contributed by atoms with Crippen molar-refractivity contribution in [2.75, 3.05) is 19.0 Å². The summed E-state index contributed by atoms with van der Waals surface area (Å²) in [5.74, 6) is 0.352. The molecule has 2 N–H and O–H groups in total. The smallest absolute Gasteiger partial charge is 0.118 e. The average Bonchev–Trinajstić information content (AvgIpc) is 2.25. The minimum absolute atomic E-state index is 0.104. The summed E-state index contributed by atoms with van der Waals surface area (Å²) in [6, 6.07) is 3.77. The van der Waals surface area contributed by atoms with E-state index < -0.39 is 0 Å². The van der Waals surface area contributed by atoms with E-state index in [1.165, 1.54) is 0 Å². The lowest BCUT2D eigenvalue weighted by Crippen LogP contribution is -2.25. The maximum absolute atomic E-state index is 9.57. The lowest BCUT2D eigenvalue weighted by molar-refractivity contribution is 0.0185. The number of hydrogen-bond acceptors (Lipinski definition) is 3. The Balaban J connectivity index is 2.61. The lowest BCUT2D eigenvalue weighted by atomic mass is 10.0.